The average molecular weight is 407 g/mol. The molecule has 0 aliphatic carbocycles. The number of halogens is 3. The van der Waals surface area contributed by atoms with Gasteiger partial charge < -0.3 is 5.32 Å². The Labute approximate surface area is 166 Å². The smallest absolute Gasteiger partial charge is 0.358 e. The van der Waals surface area contributed by atoms with Crippen molar-refractivity contribution in [1.29, 1.82) is 0 Å². The number of nitrogens with one attached hydrogen (secondary N) is 1. The molecule has 1 N–H and O–H groups in total. The molecule has 0 atom stereocenters. The highest BCUT2D eigenvalue weighted by Crippen LogP contribution is 2.32. The van der Waals surface area contributed by atoms with Crippen LogP contribution in [0.1, 0.15) is 24.0 Å². The van der Waals surface area contributed by atoms with Crippen LogP contribution in [0.2, 0.25) is 0 Å². The third kappa shape index (κ3) is 5.40. The Morgan fingerprint density at radius 1 is 1.36 bits per heavy atom. The van der Waals surface area contributed by atoms with Crippen molar-refractivity contribution in [2.24, 2.45) is 10.9 Å². The van der Waals surface area contributed by atoms with E-state index in [4.69, 9.17) is 6.42 Å². The Hall–Kier alpha value is -2.24. The summed E-state index contributed by atoms with van der Waals surface area (Å²) >= 11 is 1.09. The standard InChI is InChI=1S/C20H20F3N3OS/c1-2-8-24-18-17(28-19(27)25-18)12-14-6-9-26(10-7-14)13-15-4-3-5-16(11-15)20(21,22)23/h1,3-5,11-12,14H,6-10,13H2,(H,24,25,27). The summed E-state index contributed by atoms with van der Waals surface area (Å²) in [6.07, 6.45) is 4.72. The highest BCUT2D eigenvalue weighted by molar-refractivity contribution is 8.18. The molecule has 0 aromatic heterocycles. The van der Waals surface area contributed by atoms with Crippen LogP contribution < -0.4 is 5.32 Å². The van der Waals surface area contributed by atoms with E-state index in [1.165, 1.54) is 12.1 Å². The number of hydrogen-bond donors (Lipinski definition) is 1. The maximum absolute atomic E-state index is 12.9. The SMILES string of the molecule is C#CCNC1=NC(=O)SC1=CC1CCN(Cc2cccc(C(F)(F)F)c2)CC1. The zero-order chi connectivity index (χ0) is 20.1. The van der Waals surface area contributed by atoms with Gasteiger partial charge in [0.05, 0.1) is 17.0 Å². The van der Waals surface area contributed by atoms with Crippen molar-refractivity contribution in [2.45, 2.75) is 25.6 Å². The van der Waals surface area contributed by atoms with E-state index in [2.05, 4.69) is 27.2 Å². The van der Waals surface area contributed by atoms with Gasteiger partial charge in [0.2, 0.25) is 0 Å². The van der Waals surface area contributed by atoms with Crippen LogP contribution in [0, 0.1) is 18.3 Å². The van der Waals surface area contributed by atoms with Gasteiger partial charge in [-0.15, -0.1) is 6.42 Å². The number of piperidine rings is 1. The van der Waals surface area contributed by atoms with Crippen molar-refractivity contribution in [1.82, 2.24) is 10.2 Å². The number of amides is 1. The summed E-state index contributed by atoms with van der Waals surface area (Å²) in [6, 6.07) is 5.49. The molecule has 1 fully saturated rings. The largest absolute Gasteiger partial charge is 0.416 e. The first-order valence-corrected chi connectivity index (χ1v) is 9.75. The lowest BCUT2D eigenvalue weighted by atomic mass is 9.95. The Balaban J connectivity index is 1.56. The fraction of sp³-hybridized carbons (Fsp3) is 0.400. The zero-order valence-corrected chi connectivity index (χ0v) is 15.9. The Bertz CT molecular complexity index is 834. The number of alkyl halides is 3. The molecule has 1 amide bonds. The molecule has 0 spiro atoms. The minimum atomic E-state index is -4.32. The summed E-state index contributed by atoms with van der Waals surface area (Å²) in [5.41, 5.74) is 0.0512. The molecule has 8 heteroatoms. The maximum Gasteiger partial charge on any atom is 0.416 e. The molecule has 28 heavy (non-hydrogen) atoms. The number of amidine groups is 1. The molecule has 2 aliphatic rings. The lowest BCUT2D eigenvalue weighted by molar-refractivity contribution is -0.137. The number of terminal acetylenes is 1. The van der Waals surface area contributed by atoms with Crippen molar-refractivity contribution in [2.75, 3.05) is 19.6 Å². The van der Waals surface area contributed by atoms with Crippen molar-refractivity contribution in [3.05, 3.63) is 46.4 Å². The molecule has 0 radical (unpaired) electrons. The number of likely N-dealkylation sites (tertiary alicyclic amines) is 1. The molecule has 0 unspecified atom stereocenters. The highest BCUT2D eigenvalue weighted by atomic mass is 32.2. The second kappa shape index (κ2) is 8.84. The Morgan fingerprint density at radius 3 is 2.79 bits per heavy atom. The number of rotatable bonds is 4. The van der Waals surface area contributed by atoms with Crippen LogP contribution in [0.25, 0.3) is 0 Å². The van der Waals surface area contributed by atoms with Crippen LogP contribution in [-0.2, 0) is 12.7 Å². The van der Waals surface area contributed by atoms with Crippen LogP contribution >= 0.6 is 11.8 Å². The first-order valence-electron chi connectivity index (χ1n) is 8.93. The molecule has 3 rings (SSSR count). The molecular weight excluding hydrogens is 387 g/mol. The van der Waals surface area contributed by atoms with Gasteiger partial charge in [-0.2, -0.15) is 18.2 Å². The monoisotopic (exact) mass is 407 g/mol. The van der Waals surface area contributed by atoms with E-state index >= 15 is 0 Å². The fourth-order valence-corrected chi connectivity index (χ4v) is 4.08. The molecule has 1 aromatic carbocycles. The topological polar surface area (TPSA) is 44.7 Å². The van der Waals surface area contributed by atoms with E-state index in [-0.39, 0.29) is 5.24 Å². The fourth-order valence-electron chi connectivity index (χ4n) is 3.28. The summed E-state index contributed by atoms with van der Waals surface area (Å²) in [7, 11) is 0. The quantitative estimate of drug-likeness (QED) is 0.757. The van der Waals surface area contributed by atoms with E-state index in [1.807, 2.05) is 0 Å². The predicted octanol–water partition coefficient (Wildman–Crippen LogP) is 4.29. The second-order valence-corrected chi connectivity index (χ2v) is 7.72. The van der Waals surface area contributed by atoms with Gasteiger partial charge in [-0.25, -0.2) is 0 Å². The van der Waals surface area contributed by atoms with Gasteiger partial charge in [0.15, 0.2) is 0 Å². The van der Waals surface area contributed by atoms with Gasteiger partial charge in [-0.1, -0.05) is 30.2 Å². The number of carbonyl (C=O) groups is 1. The number of thioether (sulfide) groups is 1. The number of benzene rings is 1. The normalized spacial score (nSPS) is 20.3. The van der Waals surface area contributed by atoms with Gasteiger partial charge >= 0.3 is 11.4 Å². The van der Waals surface area contributed by atoms with E-state index in [0.29, 0.717) is 30.4 Å². The van der Waals surface area contributed by atoms with Crippen LogP contribution in [0.3, 0.4) is 0 Å². The molecule has 2 heterocycles. The van der Waals surface area contributed by atoms with Gasteiger partial charge in [0, 0.05) is 6.54 Å². The summed E-state index contributed by atoms with van der Waals surface area (Å²) in [5.74, 6) is 3.28. The first kappa shape index (κ1) is 20.5. The summed E-state index contributed by atoms with van der Waals surface area (Å²) < 4.78 is 38.6. The zero-order valence-electron chi connectivity index (χ0n) is 15.1. The summed E-state index contributed by atoms with van der Waals surface area (Å²) in [5, 5.41) is 2.71. The van der Waals surface area contributed by atoms with Crippen molar-refractivity contribution >= 4 is 22.8 Å². The molecule has 0 bridgehead atoms. The number of allylic oxidation sites excluding steroid dienone is 1. The second-order valence-electron chi connectivity index (χ2n) is 6.73. The average Bonchev–Trinajstić information content (AvgIpc) is 3.00. The molecule has 1 saturated heterocycles. The van der Waals surface area contributed by atoms with E-state index in [9.17, 15) is 18.0 Å². The van der Waals surface area contributed by atoms with E-state index in [0.717, 1.165) is 48.7 Å². The van der Waals surface area contributed by atoms with Crippen LogP contribution in [0.5, 0.6) is 0 Å². The minimum Gasteiger partial charge on any atom is -0.358 e. The molecule has 148 valence electrons. The summed E-state index contributed by atoms with van der Waals surface area (Å²) in [6.45, 7) is 2.37. The predicted molar refractivity (Wildman–Crippen MR) is 105 cm³/mol. The van der Waals surface area contributed by atoms with Gasteiger partial charge in [-0.05, 0) is 55.2 Å². The van der Waals surface area contributed by atoms with E-state index in [1.54, 1.807) is 6.07 Å². The van der Waals surface area contributed by atoms with Crippen LogP contribution in [0.15, 0.2) is 40.2 Å². The number of carbonyl (C=O) groups excluding carboxylic acids is 1. The number of hydrogen-bond acceptors (Lipinski definition) is 4. The van der Waals surface area contributed by atoms with Gasteiger partial charge in [0.25, 0.3) is 0 Å². The third-order valence-electron chi connectivity index (χ3n) is 4.67. The van der Waals surface area contributed by atoms with Gasteiger partial charge in [-0.3, -0.25) is 9.69 Å². The molecule has 1 aromatic rings. The van der Waals surface area contributed by atoms with Crippen LogP contribution in [0.4, 0.5) is 18.0 Å². The molecule has 4 nitrogen and oxygen atoms in total. The lowest BCUT2D eigenvalue weighted by Gasteiger charge is -2.31. The van der Waals surface area contributed by atoms with E-state index < -0.39 is 11.7 Å². The number of aliphatic imine (C=N–C) groups is 1. The van der Waals surface area contributed by atoms with Crippen molar-refractivity contribution in [3.8, 4) is 12.3 Å². The summed E-state index contributed by atoms with van der Waals surface area (Å²) in [4.78, 5) is 18.5. The van der Waals surface area contributed by atoms with Crippen LogP contribution in [-0.4, -0.2) is 35.6 Å². The molecular formula is C20H20F3N3OS. The maximum atomic E-state index is 12.9. The lowest BCUT2D eigenvalue weighted by Crippen LogP contribution is -2.33. The first-order chi connectivity index (χ1) is 13.3. The van der Waals surface area contributed by atoms with Crippen molar-refractivity contribution in [3.63, 3.8) is 0 Å². The Morgan fingerprint density at radius 2 is 2.11 bits per heavy atom. The van der Waals surface area contributed by atoms with Crippen molar-refractivity contribution < 1.29 is 18.0 Å². The molecule has 0 saturated carbocycles. The number of nitrogens with zero attached hydrogens (tertiary/aromatic N) is 2. The van der Waals surface area contributed by atoms with Gasteiger partial charge in [0.1, 0.15) is 5.84 Å². The third-order valence-corrected chi connectivity index (χ3v) is 5.49. The Kier molecular flexibility index (Phi) is 6.47. The molecule has 2 aliphatic heterocycles. The highest BCUT2D eigenvalue weighted by Gasteiger charge is 2.30. The minimum absolute atomic E-state index is 0.257.